The van der Waals surface area contributed by atoms with E-state index >= 15 is 0 Å². The van der Waals surface area contributed by atoms with E-state index in [0.29, 0.717) is 6.42 Å². The smallest absolute Gasteiger partial charge is 0.123 e. The number of ether oxygens (including phenoxy) is 2. The minimum Gasteiger partial charge on any atom is -0.496 e. The SMILES string of the molecule is [CH]CCN(Cc1ccccc1OC)Cc1ccccc1OC. The van der Waals surface area contributed by atoms with Gasteiger partial charge in [0.1, 0.15) is 11.5 Å². The second-order valence-corrected chi connectivity index (χ2v) is 5.12. The third-order valence-corrected chi connectivity index (χ3v) is 3.62. The predicted molar refractivity (Wildman–Crippen MR) is 89.0 cm³/mol. The van der Waals surface area contributed by atoms with Crippen LogP contribution in [0.4, 0.5) is 0 Å². The topological polar surface area (TPSA) is 21.7 Å². The highest BCUT2D eigenvalue weighted by Gasteiger charge is 2.12. The molecule has 0 N–H and O–H groups in total. The summed E-state index contributed by atoms with van der Waals surface area (Å²) in [5, 5.41) is 0. The molecule has 2 rings (SSSR count). The van der Waals surface area contributed by atoms with Crippen molar-refractivity contribution in [1.29, 1.82) is 0 Å². The summed E-state index contributed by atoms with van der Waals surface area (Å²) in [6.07, 6.45) is 0.615. The third-order valence-electron chi connectivity index (χ3n) is 3.62. The van der Waals surface area contributed by atoms with E-state index in [1.54, 1.807) is 14.2 Å². The summed E-state index contributed by atoms with van der Waals surface area (Å²) >= 11 is 0. The first kappa shape index (κ1) is 16.4. The Bertz CT molecular complexity index is 534. The van der Waals surface area contributed by atoms with Crippen LogP contribution in [0.1, 0.15) is 17.5 Å². The van der Waals surface area contributed by atoms with Crippen LogP contribution in [0.25, 0.3) is 0 Å². The third kappa shape index (κ3) is 4.25. The molecule has 0 heterocycles. The minimum atomic E-state index is 0.615. The van der Waals surface area contributed by atoms with Gasteiger partial charge in [-0.2, -0.15) is 0 Å². The molecule has 0 aromatic heterocycles. The van der Waals surface area contributed by atoms with Crippen molar-refractivity contribution in [3.05, 3.63) is 66.6 Å². The molecule has 0 aliphatic carbocycles. The lowest BCUT2D eigenvalue weighted by Gasteiger charge is -2.23. The van der Waals surface area contributed by atoms with Crippen LogP contribution in [0.15, 0.2) is 48.5 Å². The lowest BCUT2D eigenvalue weighted by Crippen LogP contribution is -2.24. The highest BCUT2D eigenvalue weighted by Crippen LogP contribution is 2.23. The summed E-state index contributed by atoms with van der Waals surface area (Å²) in [5.74, 6) is 1.81. The van der Waals surface area contributed by atoms with Gasteiger partial charge in [-0.15, -0.1) is 0 Å². The van der Waals surface area contributed by atoms with Crippen molar-refractivity contribution < 1.29 is 9.47 Å². The van der Waals surface area contributed by atoms with E-state index in [-0.39, 0.29) is 0 Å². The number of methoxy groups -OCH3 is 2. The van der Waals surface area contributed by atoms with E-state index in [9.17, 15) is 0 Å². The van der Waals surface area contributed by atoms with Gasteiger partial charge in [0.25, 0.3) is 0 Å². The Morgan fingerprint density at radius 2 is 1.27 bits per heavy atom. The zero-order valence-corrected chi connectivity index (χ0v) is 13.3. The first-order chi connectivity index (χ1) is 10.8. The Morgan fingerprint density at radius 1 is 0.818 bits per heavy atom. The van der Waals surface area contributed by atoms with Crippen molar-refractivity contribution in [2.45, 2.75) is 19.5 Å². The Hall–Kier alpha value is -2.00. The molecule has 0 aliphatic rings. The van der Waals surface area contributed by atoms with Crippen LogP contribution < -0.4 is 9.47 Å². The van der Waals surface area contributed by atoms with E-state index in [1.165, 1.54) is 0 Å². The van der Waals surface area contributed by atoms with Crippen LogP contribution in [-0.4, -0.2) is 25.7 Å². The number of benzene rings is 2. The molecular weight excluding hydrogens is 274 g/mol. The highest BCUT2D eigenvalue weighted by atomic mass is 16.5. The molecule has 22 heavy (non-hydrogen) atoms. The van der Waals surface area contributed by atoms with Gasteiger partial charge in [-0.3, -0.25) is 4.90 Å². The van der Waals surface area contributed by atoms with Crippen molar-refractivity contribution in [2.75, 3.05) is 20.8 Å². The molecule has 0 amide bonds. The predicted octanol–water partition coefficient (Wildman–Crippen LogP) is 3.81. The number of rotatable bonds is 8. The average Bonchev–Trinajstić information content (AvgIpc) is 2.56. The molecule has 0 saturated heterocycles. The second kappa shape index (κ2) is 8.44. The molecule has 3 heteroatoms. The number of hydrogen-bond donors (Lipinski definition) is 0. The molecule has 0 fully saturated rings. The van der Waals surface area contributed by atoms with Gasteiger partial charge >= 0.3 is 0 Å². The van der Waals surface area contributed by atoms with Crippen molar-refractivity contribution in [3.63, 3.8) is 0 Å². The van der Waals surface area contributed by atoms with E-state index < -0.39 is 0 Å². The highest BCUT2D eigenvalue weighted by molar-refractivity contribution is 5.35. The fourth-order valence-corrected chi connectivity index (χ4v) is 2.55. The molecule has 0 aliphatic heterocycles. The van der Waals surface area contributed by atoms with Gasteiger partial charge < -0.3 is 9.47 Å². The molecule has 0 saturated carbocycles. The maximum Gasteiger partial charge on any atom is 0.123 e. The number of hydrogen-bond acceptors (Lipinski definition) is 3. The maximum atomic E-state index is 5.77. The minimum absolute atomic E-state index is 0.615. The molecule has 2 aromatic carbocycles. The van der Waals surface area contributed by atoms with Crippen LogP contribution in [-0.2, 0) is 13.1 Å². The van der Waals surface area contributed by atoms with Gasteiger partial charge in [-0.1, -0.05) is 36.4 Å². The average molecular weight is 297 g/mol. The standard InChI is InChI=1S/C19H23NO2/c1-4-13-20(14-16-9-5-7-11-18(16)21-2)15-17-10-6-8-12-19(17)22-3/h1,5-12H,4,13-15H2,2-3H3. The fourth-order valence-electron chi connectivity index (χ4n) is 2.55. The van der Waals surface area contributed by atoms with Crippen LogP contribution in [0.3, 0.4) is 0 Å². The molecule has 116 valence electrons. The molecule has 3 nitrogen and oxygen atoms in total. The zero-order chi connectivity index (χ0) is 15.8. The molecule has 0 spiro atoms. The van der Waals surface area contributed by atoms with Crippen LogP contribution in [0, 0.1) is 6.92 Å². The van der Waals surface area contributed by atoms with E-state index in [0.717, 1.165) is 42.3 Å². The summed E-state index contributed by atoms with van der Waals surface area (Å²) in [4.78, 5) is 2.30. The Morgan fingerprint density at radius 3 is 1.68 bits per heavy atom. The van der Waals surface area contributed by atoms with Crippen molar-refractivity contribution in [3.8, 4) is 11.5 Å². The Labute approximate surface area is 133 Å². The molecule has 2 radical (unpaired) electrons. The van der Waals surface area contributed by atoms with Crippen molar-refractivity contribution >= 4 is 0 Å². The van der Waals surface area contributed by atoms with Gasteiger partial charge in [0.2, 0.25) is 0 Å². The summed E-state index contributed by atoms with van der Waals surface area (Å²) in [6.45, 7) is 8.17. The molecule has 0 bridgehead atoms. The normalized spacial score (nSPS) is 10.7. The first-order valence-corrected chi connectivity index (χ1v) is 7.44. The Balaban J connectivity index is 2.16. The Kier molecular flexibility index (Phi) is 6.28. The van der Waals surface area contributed by atoms with Crippen LogP contribution >= 0.6 is 0 Å². The molecular formula is C19H23NO2. The fraction of sp³-hybridized carbons (Fsp3) is 0.316. The zero-order valence-electron chi connectivity index (χ0n) is 13.3. The van der Waals surface area contributed by atoms with Crippen molar-refractivity contribution in [2.24, 2.45) is 0 Å². The van der Waals surface area contributed by atoms with E-state index in [1.807, 2.05) is 36.4 Å². The van der Waals surface area contributed by atoms with Gasteiger partial charge in [0.05, 0.1) is 14.2 Å². The summed E-state index contributed by atoms with van der Waals surface area (Å²) in [6, 6.07) is 16.2. The van der Waals surface area contributed by atoms with Gasteiger partial charge in [-0.25, -0.2) is 0 Å². The summed E-state index contributed by atoms with van der Waals surface area (Å²) < 4.78 is 10.9. The van der Waals surface area contributed by atoms with Crippen molar-refractivity contribution in [1.82, 2.24) is 4.90 Å². The van der Waals surface area contributed by atoms with E-state index in [2.05, 4.69) is 17.0 Å². The van der Waals surface area contributed by atoms with Crippen LogP contribution in [0.5, 0.6) is 11.5 Å². The van der Waals surface area contributed by atoms with Crippen LogP contribution in [0.2, 0.25) is 0 Å². The largest absolute Gasteiger partial charge is 0.496 e. The van der Waals surface area contributed by atoms with Gasteiger partial charge in [-0.05, 0) is 32.0 Å². The lowest BCUT2D eigenvalue weighted by atomic mass is 10.1. The maximum absolute atomic E-state index is 5.77. The quantitative estimate of drug-likeness (QED) is 0.739. The van der Waals surface area contributed by atoms with E-state index in [4.69, 9.17) is 16.4 Å². The first-order valence-electron chi connectivity index (χ1n) is 7.44. The summed E-state index contributed by atoms with van der Waals surface area (Å²) in [7, 11) is 3.40. The second-order valence-electron chi connectivity index (χ2n) is 5.12. The lowest BCUT2D eigenvalue weighted by molar-refractivity contribution is 0.252. The summed E-state index contributed by atoms with van der Waals surface area (Å²) in [5.41, 5.74) is 2.32. The monoisotopic (exact) mass is 297 g/mol. The number of nitrogens with zero attached hydrogens (tertiary/aromatic N) is 1. The molecule has 0 unspecified atom stereocenters. The molecule has 0 atom stereocenters. The number of para-hydroxylation sites is 2. The van der Waals surface area contributed by atoms with Gasteiger partial charge in [0.15, 0.2) is 0 Å². The van der Waals surface area contributed by atoms with Gasteiger partial charge in [0, 0.05) is 24.2 Å². The molecule has 2 aromatic rings.